The number of esters is 1. The van der Waals surface area contributed by atoms with Crippen LogP contribution in [0.25, 0.3) is 0 Å². The van der Waals surface area contributed by atoms with Crippen LogP contribution in [0.15, 0.2) is 0 Å². The van der Waals surface area contributed by atoms with E-state index < -0.39 is 6.04 Å². The second-order valence-electron chi connectivity index (χ2n) is 3.11. The highest BCUT2D eigenvalue weighted by molar-refractivity contribution is 5.80. The number of carbonyl (C=O) groups is 2. The monoisotopic (exact) mass is 202 g/mol. The van der Waals surface area contributed by atoms with Gasteiger partial charge in [-0.25, -0.2) is 0 Å². The molecule has 0 heterocycles. The van der Waals surface area contributed by atoms with Crippen LogP contribution < -0.4 is 11.1 Å². The Kier molecular flexibility index (Phi) is 6.74. The summed E-state index contributed by atoms with van der Waals surface area (Å²) < 4.78 is 4.47. The largest absolute Gasteiger partial charge is 0.469 e. The Morgan fingerprint density at radius 3 is 2.57 bits per heavy atom. The Hall–Kier alpha value is -1.10. The van der Waals surface area contributed by atoms with Crippen molar-refractivity contribution in [3.05, 3.63) is 0 Å². The van der Waals surface area contributed by atoms with E-state index in [0.29, 0.717) is 19.4 Å². The maximum atomic E-state index is 11.0. The molecule has 5 heteroatoms. The van der Waals surface area contributed by atoms with Gasteiger partial charge >= 0.3 is 5.97 Å². The van der Waals surface area contributed by atoms with Gasteiger partial charge in [-0.2, -0.15) is 0 Å². The van der Waals surface area contributed by atoms with Crippen LogP contribution >= 0.6 is 0 Å². The summed E-state index contributed by atoms with van der Waals surface area (Å²) in [5.41, 5.74) is 5.33. The lowest BCUT2D eigenvalue weighted by Gasteiger charge is -2.06. The molecule has 1 amide bonds. The summed E-state index contributed by atoms with van der Waals surface area (Å²) in [6, 6.07) is -0.476. The molecular weight excluding hydrogens is 184 g/mol. The minimum atomic E-state index is -0.476. The SMILES string of the molecule is COC(=O)CCCCNC(=O)C(C)N. The van der Waals surface area contributed by atoms with Gasteiger partial charge in [0.2, 0.25) is 5.91 Å². The van der Waals surface area contributed by atoms with E-state index in [1.54, 1.807) is 6.92 Å². The number of hydrogen-bond donors (Lipinski definition) is 2. The lowest BCUT2D eigenvalue weighted by atomic mass is 10.2. The van der Waals surface area contributed by atoms with Gasteiger partial charge < -0.3 is 15.8 Å². The van der Waals surface area contributed by atoms with Crippen molar-refractivity contribution in [2.45, 2.75) is 32.2 Å². The zero-order valence-electron chi connectivity index (χ0n) is 8.71. The summed E-state index contributed by atoms with van der Waals surface area (Å²) in [4.78, 5) is 21.7. The molecule has 0 aliphatic rings. The smallest absolute Gasteiger partial charge is 0.305 e. The first-order valence-electron chi connectivity index (χ1n) is 4.68. The maximum absolute atomic E-state index is 11.0. The minimum absolute atomic E-state index is 0.164. The van der Waals surface area contributed by atoms with E-state index in [0.717, 1.165) is 6.42 Å². The Balaban J connectivity index is 3.30. The number of methoxy groups -OCH3 is 1. The fourth-order valence-corrected chi connectivity index (χ4v) is 0.869. The summed E-state index contributed by atoms with van der Waals surface area (Å²) in [6.45, 7) is 2.18. The molecule has 14 heavy (non-hydrogen) atoms. The molecule has 0 spiro atoms. The number of nitrogens with two attached hydrogens (primary N) is 1. The molecule has 0 aliphatic carbocycles. The molecule has 0 aromatic heterocycles. The van der Waals surface area contributed by atoms with Crippen molar-refractivity contribution in [2.24, 2.45) is 5.73 Å². The molecular formula is C9H18N2O3. The molecule has 0 radical (unpaired) electrons. The molecule has 0 saturated carbocycles. The van der Waals surface area contributed by atoms with Crippen molar-refractivity contribution in [1.29, 1.82) is 0 Å². The maximum Gasteiger partial charge on any atom is 0.305 e. The number of nitrogens with one attached hydrogen (secondary N) is 1. The van der Waals surface area contributed by atoms with E-state index >= 15 is 0 Å². The Morgan fingerprint density at radius 1 is 1.43 bits per heavy atom. The quantitative estimate of drug-likeness (QED) is 0.461. The van der Waals surface area contributed by atoms with E-state index in [1.165, 1.54) is 7.11 Å². The molecule has 0 saturated heterocycles. The van der Waals surface area contributed by atoms with E-state index in [2.05, 4.69) is 10.1 Å². The van der Waals surface area contributed by atoms with Gasteiger partial charge in [0.15, 0.2) is 0 Å². The third kappa shape index (κ3) is 6.42. The van der Waals surface area contributed by atoms with Crippen LogP contribution in [0.3, 0.4) is 0 Å². The molecule has 0 bridgehead atoms. The first kappa shape index (κ1) is 12.9. The number of amides is 1. The van der Waals surface area contributed by atoms with Crippen molar-refractivity contribution >= 4 is 11.9 Å². The molecule has 1 unspecified atom stereocenters. The zero-order chi connectivity index (χ0) is 11.0. The van der Waals surface area contributed by atoms with Crippen molar-refractivity contribution in [3.63, 3.8) is 0 Å². The van der Waals surface area contributed by atoms with Crippen molar-refractivity contribution < 1.29 is 14.3 Å². The van der Waals surface area contributed by atoms with Gasteiger partial charge in [0.1, 0.15) is 0 Å². The van der Waals surface area contributed by atoms with Crippen LogP contribution in [0.2, 0.25) is 0 Å². The lowest BCUT2D eigenvalue weighted by Crippen LogP contribution is -2.38. The lowest BCUT2D eigenvalue weighted by molar-refractivity contribution is -0.140. The molecule has 82 valence electrons. The van der Waals surface area contributed by atoms with Crippen LogP contribution in [0.4, 0.5) is 0 Å². The van der Waals surface area contributed by atoms with Crippen LogP contribution in [0.1, 0.15) is 26.2 Å². The Bertz CT molecular complexity index is 192. The average molecular weight is 202 g/mol. The van der Waals surface area contributed by atoms with E-state index in [4.69, 9.17) is 5.73 Å². The van der Waals surface area contributed by atoms with Gasteiger partial charge in [-0.15, -0.1) is 0 Å². The Morgan fingerprint density at radius 2 is 2.07 bits per heavy atom. The number of carbonyl (C=O) groups excluding carboxylic acids is 2. The first-order chi connectivity index (χ1) is 6.57. The van der Waals surface area contributed by atoms with Gasteiger partial charge in [-0.05, 0) is 19.8 Å². The molecule has 0 aliphatic heterocycles. The van der Waals surface area contributed by atoms with Gasteiger partial charge in [0.05, 0.1) is 13.2 Å². The third-order valence-electron chi connectivity index (χ3n) is 1.75. The topological polar surface area (TPSA) is 81.4 Å². The summed E-state index contributed by atoms with van der Waals surface area (Å²) in [5, 5.41) is 2.66. The summed E-state index contributed by atoms with van der Waals surface area (Å²) >= 11 is 0. The van der Waals surface area contributed by atoms with Crippen LogP contribution in [-0.2, 0) is 14.3 Å². The predicted octanol–water partition coefficient (Wildman–Crippen LogP) is -0.207. The number of rotatable bonds is 6. The highest BCUT2D eigenvalue weighted by Gasteiger charge is 2.05. The number of hydrogen-bond acceptors (Lipinski definition) is 4. The van der Waals surface area contributed by atoms with Crippen molar-refractivity contribution in [2.75, 3.05) is 13.7 Å². The van der Waals surface area contributed by atoms with Crippen LogP contribution in [0.5, 0.6) is 0 Å². The average Bonchev–Trinajstić information content (AvgIpc) is 2.16. The van der Waals surface area contributed by atoms with Crippen molar-refractivity contribution in [3.8, 4) is 0 Å². The zero-order valence-corrected chi connectivity index (χ0v) is 8.71. The molecule has 3 N–H and O–H groups in total. The van der Waals surface area contributed by atoms with Crippen molar-refractivity contribution in [1.82, 2.24) is 5.32 Å². The fourth-order valence-electron chi connectivity index (χ4n) is 0.869. The van der Waals surface area contributed by atoms with E-state index in [-0.39, 0.29) is 11.9 Å². The molecule has 0 fully saturated rings. The van der Waals surface area contributed by atoms with E-state index in [1.807, 2.05) is 0 Å². The summed E-state index contributed by atoms with van der Waals surface area (Å²) in [6.07, 6.45) is 1.87. The standard InChI is InChI=1S/C9H18N2O3/c1-7(10)9(13)11-6-4-3-5-8(12)14-2/h7H,3-6,10H2,1-2H3,(H,11,13). The van der Waals surface area contributed by atoms with Gasteiger partial charge in [-0.3, -0.25) is 9.59 Å². The van der Waals surface area contributed by atoms with Gasteiger partial charge in [0.25, 0.3) is 0 Å². The third-order valence-corrected chi connectivity index (χ3v) is 1.75. The van der Waals surface area contributed by atoms with Crippen LogP contribution in [-0.4, -0.2) is 31.6 Å². The number of ether oxygens (including phenoxy) is 1. The molecule has 5 nitrogen and oxygen atoms in total. The first-order valence-corrected chi connectivity index (χ1v) is 4.68. The van der Waals surface area contributed by atoms with Gasteiger partial charge in [-0.1, -0.05) is 0 Å². The van der Waals surface area contributed by atoms with Crippen LogP contribution in [0, 0.1) is 0 Å². The molecule has 1 atom stereocenters. The molecule has 0 rings (SSSR count). The summed E-state index contributed by atoms with van der Waals surface area (Å²) in [7, 11) is 1.36. The van der Waals surface area contributed by atoms with E-state index in [9.17, 15) is 9.59 Å². The Labute approximate surface area is 84.0 Å². The molecule has 0 aromatic carbocycles. The molecule has 0 aromatic rings. The normalized spacial score (nSPS) is 11.9. The fraction of sp³-hybridized carbons (Fsp3) is 0.778. The highest BCUT2D eigenvalue weighted by atomic mass is 16.5. The van der Waals surface area contributed by atoms with Gasteiger partial charge in [0, 0.05) is 13.0 Å². The highest BCUT2D eigenvalue weighted by Crippen LogP contribution is 1.95. The minimum Gasteiger partial charge on any atom is -0.469 e. The number of unbranched alkanes of at least 4 members (excludes halogenated alkanes) is 1. The predicted molar refractivity (Wildman–Crippen MR) is 52.5 cm³/mol. The summed E-state index contributed by atoms with van der Waals surface area (Å²) in [5.74, 6) is -0.383. The second kappa shape index (κ2) is 7.32. The second-order valence-corrected chi connectivity index (χ2v) is 3.11.